The van der Waals surface area contributed by atoms with Gasteiger partial charge in [-0.3, -0.25) is 0 Å². The molecule has 1 heterocycles. The van der Waals surface area contributed by atoms with E-state index in [9.17, 15) is 24.9 Å². The van der Waals surface area contributed by atoms with E-state index in [4.69, 9.17) is 0 Å². The number of hydrogen-bond donors (Lipinski definition) is 2. The van der Waals surface area contributed by atoms with E-state index in [0.29, 0.717) is 5.70 Å². The third kappa shape index (κ3) is 2.47. The van der Waals surface area contributed by atoms with Crippen molar-refractivity contribution < 1.29 is 24.9 Å². The van der Waals surface area contributed by atoms with Crippen molar-refractivity contribution >= 4 is 11.9 Å². The second kappa shape index (κ2) is 5.12. The molecular weight excluding hydrogens is 238 g/mol. The maximum Gasteiger partial charge on any atom is 0.118 e. The summed E-state index contributed by atoms with van der Waals surface area (Å²) >= 11 is 0. The van der Waals surface area contributed by atoms with Gasteiger partial charge in [-0.05, 0) is 31.9 Å². The molecule has 2 atom stereocenters. The van der Waals surface area contributed by atoms with Gasteiger partial charge in [-0.25, -0.2) is 0 Å². The SMILES string of the molecule is CCC1(C(CC(=O)[O-])C(=O)[O-])NC(C)=CC=C1O. The molecule has 0 radical (unpaired) electrons. The van der Waals surface area contributed by atoms with Crippen LogP contribution in [0.5, 0.6) is 0 Å². The number of aliphatic hydroxyl groups excluding tert-OH is 1. The lowest BCUT2D eigenvalue weighted by Gasteiger charge is -2.43. The fourth-order valence-corrected chi connectivity index (χ4v) is 2.22. The molecule has 0 saturated carbocycles. The Morgan fingerprint density at radius 3 is 2.50 bits per heavy atom. The number of carboxylic acid groups (broad SMARTS) is 2. The molecule has 1 aliphatic rings. The summed E-state index contributed by atoms with van der Waals surface area (Å²) in [4.78, 5) is 21.8. The molecule has 6 heteroatoms. The molecule has 0 aromatic heterocycles. The highest BCUT2D eigenvalue weighted by Gasteiger charge is 2.43. The van der Waals surface area contributed by atoms with Crippen LogP contribution in [0.15, 0.2) is 23.6 Å². The van der Waals surface area contributed by atoms with Gasteiger partial charge < -0.3 is 30.2 Å². The number of aliphatic hydroxyl groups is 1. The average molecular weight is 253 g/mol. The molecule has 0 amide bonds. The van der Waals surface area contributed by atoms with E-state index in [1.54, 1.807) is 19.9 Å². The zero-order valence-electron chi connectivity index (χ0n) is 10.2. The molecule has 100 valence electrons. The van der Waals surface area contributed by atoms with E-state index in [-0.39, 0.29) is 12.2 Å². The first-order valence-electron chi connectivity index (χ1n) is 5.60. The monoisotopic (exact) mass is 253 g/mol. The third-order valence-corrected chi connectivity index (χ3v) is 3.18. The van der Waals surface area contributed by atoms with Gasteiger partial charge >= 0.3 is 0 Å². The molecule has 0 aromatic rings. The molecule has 0 fully saturated rings. The lowest BCUT2D eigenvalue weighted by atomic mass is 9.76. The summed E-state index contributed by atoms with van der Waals surface area (Å²) in [5.74, 6) is -4.67. The Morgan fingerprint density at radius 1 is 1.44 bits per heavy atom. The molecule has 0 aromatic carbocycles. The van der Waals surface area contributed by atoms with E-state index in [1.165, 1.54) is 6.08 Å². The Bertz CT molecular complexity index is 426. The molecule has 0 spiro atoms. The van der Waals surface area contributed by atoms with Crippen LogP contribution in [-0.4, -0.2) is 22.6 Å². The van der Waals surface area contributed by atoms with E-state index in [0.717, 1.165) is 0 Å². The summed E-state index contributed by atoms with van der Waals surface area (Å²) in [5.41, 5.74) is -0.725. The predicted octanol–water partition coefficient (Wildman–Crippen LogP) is -1.41. The Kier molecular flexibility index (Phi) is 4.00. The zero-order chi connectivity index (χ0) is 13.9. The second-order valence-corrected chi connectivity index (χ2v) is 4.30. The minimum absolute atomic E-state index is 0.201. The number of hydrogen-bond acceptors (Lipinski definition) is 6. The van der Waals surface area contributed by atoms with Gasteiger partial charge in [-0.15, -0.1) is 0 Å². The van der Waals surface area contributed by atoms with Crippen molar-refractivity contribution in [2.45, 2.75) is 32.2 Å². The molecule has 1 aliphatic heterocycles. The Balaban J connectivity index is 3.20. The van der Waals surface area contributed by atoms with Gasteiger partial charge in [0, 0.05) is 23.6 Å². The average Bonchev–Trinajstić information content (AvgIpc) is 2.29. The highest BCUT2D eigenvalue weighted by atomic mass is 16.4. The van der Waals surface area contributed by atoms with Gasteiger partial charge in [0.2, 0.25) is 0 Å². The molecule has 6 nitrogen and oxygen atoms in total. The van der Waals surface area contributed by atoms with Crippen molar-refractivity contribution in [1.82, 2.24) is 5.32 Å². The largest absolute Gasteiger partial charge is 0.550 e. The maximum atomic E-state index is 11.2. The summed E-state index contributed by atoms with van der Waals surface area (Å²) in [6.45, 7) is 3.35. The Labute approximate surface area is 105 Å². The molecule has 2 unspecified atom stereocenters. The van der Waals surface area contributed by atoms with Crippen LogP contribution in [-0.2, 0) is 9.59 Å². The van der Waals surface area contributed by atoms with Crippen LogP contribution in [0.4, 0.5) is 0 Å². The number of carbonyl (C=O) groups excluding carboxylic acids is 2. The lowest BCUT2D eigenvalue weighted by Crippen LogP contribution is -2.59. The number of dihydropyridines is 1. The van der Waals surface area contributed by atoms with Crippen LogP contribution >= 0.6 is 0 Å². The van der Waals surface area contributed by atoms with Gasteiger partial charge in [0.25, 0.3) is 0 Å². The third-order valence-electron chi connectivity index (χ3n) is 3.18. The quantitative estimate of drug-likeness (QED) is 0.622. The predicted molar refractivity (Wildman–Crippen MR) is 58.7 cm³/mol. The zero-order valence-corrected chi connectivity index (χ0v) is 10.2. The van der Waals surface area contributed by atoms with E-state index in [2.05, 4.69) is 5.32 Å². The molecule has 18 heavy (non-hydrogen) atoms. The van der Waals surface area contributed by atoms with Crippen molar-refractivity contribution in [3.05, 3.63) is 23.6 Å². The van der Waals surface area contributed by atoms with Crippen molar-refractivity contribution in [3.8, 4) is 0 Å². The van der Waals surface area contributed by atoms with Gasteiger partial charge in [0.1, 0.15) is 11.3 Å². The highest BCUT2D eigenvalue weighted by molar-refractivity contribution is 5.77. The van der Waals surface area contributed by atoms with Crippen molar-refractivity contribution in [2.75, 3.05) is 0 Å². The van der Waals surface area contributed by atoms with E-state index in [1.807, 2.05) is 0 Å². The molecule has 0 bridgehead atoms. The Morgan fingerprint density at radius 2 is 2.06 bits per heavy atom. The summed E-state index contributed by atoms with van der Waals surface area (Å²) in [5, 5.41) is 34.6. The van der Waals surface area contributed by atoms with Crippen LogP contribution in [0, 0.1) is 5.92 Å². The summed E-state index contributed by atoms with van der Waals surface area (Å²) in [6.07, 6.45) is 2.41. The summed E-state index contributed by atoms with van der Waals surface area (Å²) < 4.78 is 0. The first-order valence-corrected chi connectivity index (χ1v) is 5.60. The number of carboxylic acids is 2. The van der Waals surface area contributed by atoms with Gasteiger partial charge in [-0.2, -0.15) is 0 Å². The first kappa shape index (κ1) is 14.1. The Hall–Kier alpha value is -1.98. The first-order chi connectivity index (χ1) is 8.33. The lowest BCUT2D eigenvalue weighted by molar-refractivity contribution is -0.323. The number of aliphatic carboxylic acids is 2. The second-order valence-electron chi connectivity index (χ2n) is 4.30. The number of allylic oxidation sites excluding steroid dienone is 3. The number of carbonyl (C=O) groups is 2. The normalized spacial score (nSPS) is 24.6. The molecular formula is C12H15NO5-2. The smallest absolute Gasteiger partial charge is 0.118 e. The van der Waals surface area contributed by atoms with Crippen molar-refractivity contribution in [2.24, 2.45) is 5.92 Å². The van der Waals surface area contributed by atoms with Gasteiger partial charge in [-0.1, -0.05) is 6.92 Å². The van der Waals surface area contributed by atoms with Crippen molar-refractivity contribution in [1.29, 1.82) is 0 Å². The molecule has 2 N–H and O–H groups in total. The van der Waals surface area contributed by atoms with Crippen LogP contribution in [0.2, 0.25) is 0 Å². The minimum atomic E-state index is -1.54. The van der Waals surface area contributed by atoms with Crippen LogP contribution in [0.1, 0.15) is 26.7 Å². The van der Waals surface area contributed by atoms with Gasteiger partial charge in [0.05, 0.1) is 0 Å². The topological polar surface area (TPSA) is 113 Å². The summed E-state index contributed by atoms with van der Waals surface area (Å²) in [6, 6.07) is 0. The standard InChI is InChI=1S/C12H17NO5/c1-3-12(8(11(17)18)6-10(15)16)9(14)5-4-7(2)13-12/h4-5,8,13-14H,3,6H2,1-2H3,(H,15,16)(H,17,18)/p-2. The minimum Gasteiger partial charge on any atom is -0.550 e. The number of nitrogens with one attached hydrogen (secondary N) is 1. The fraction of sp³-hybridized carbons (Fsp3) is 0.500. The molecule has 0 aliphatic carbocycles. The van der Waals surface area contributed by atoms with Crippen LogP contribution in [0.3, 0.4) is 0 Å². The summed E-state index contributed by atoms with van der Waals surface area (Å²) in [7, 11) is 0. The van der Waals surface area contributed by atoms with E-state index >= 15 is 0 Å². The highest BCUT2D eigenvalue weighted by Crippen LogP contribution is 2.33. The fourth-order valence-electron chi connectivity index (χ4n) is 2.22. The molecule has 0 saturated heterocycles. The van der Waals surface area contributed by atoms with Gasteiger partial charge in [0.15, 0.2) is 0 Å². The number of rotatable bonds is 5. The van der Waals surface area contributed by atoms with E-state index < -0.39 is 29.8 Å². The van der Waals surface area contributed by atoms with Crippen LogP contribution in [0.25, 0.3) is 0 Å². The van der Waals surface area contributed by atoms with Crippen molar-refractivity contribution in [3.63, 3.8) is 0 Å². The molecule has 1 rings (SSSR count). The maximum absolute atomic E-state index is 11.2. The van der Waals surface area contributed by atoms with Crippen LogP contribution < -0.4 is 15.5 Å².